The third-order valence-corrected chi connectivity index (χ3v) is 5.51. The average molecular weight is 339 g/mol. The van der Waals surface area contributed by atoms with Gasteiger partial charge in [-0.2, -0.15) is 0 Å². The number of halogens is 1. The number of nitrogens with zero attached hydrogens (tertiary/aromatic N) is 1. The fraction of sp³-hybridized carbons (Fsp3) is 0.647. The second-order valence-electron chi connectivity index (χ2n) is 6.19. The molecule has 1 fully saturated rings. The fourth-order valence-electron chi connectivity index (χ4n) is 3.26. The molecule has 0 aromatic heterocycles. The van der Waals surface area contributed by atoms with Crippen LogP contribution >= 0.6 is 15.9 Å². The molecule has 0 aliphatic heterocycles. The van der Waals surface area contributed by atoms with E-state index in [4.69, 9.17) is 5.73 Å². The fourth-order valence-corrected chi connectivity index (χ4v) is 3.98. The van der Waals surface area contributed by atoms with Crippen LogP contribution in [0, 0.1) is 5.92 Å². The van der Waals surface area contributed by atoms with Crippen LogP contribution in [0.4, 0.5) is 5.69 Å². The summed E-state index contributed by atoms with van der Waals surface area (Å²) >= 11 is 3.65. The maximum Gasteiger partial charge on any atom is 0.0377 e. The van der Waals surface area contributed by atoms with Crippen molar-refractivity contribution in [1.82, 2.24) is 0 Å². The van der Waals surface area contributed by atoms with Gasteiger partial charge in [0.15, 0.2) is 0 Å². The van der Waals surface area contributed by atoms with Crippen molar-refractivity contribution in [3.05, 3.63) is 28.2 Å². The van der Waals surface area contributed by atoms with Crippen LogP contribution in [-0.2, 0) is 0 Å². The SMILES string of the molecule is CCC1CCC(N(C)c2ccc([C@H](C)N)c(Br)c2)CC1. The zero-order valence-electron chi connectivity index (χ0n) is 12.9. The molecule has 1 aliphatic carbocycles. The standard InChI is InChI=1S/C17H27BrN2/c1-4-13-5-7-14(8-6-13)20(3)15-9-10-16(12(2)19)17(18)11-15/h9-14H,4-8,19H2,1-3H3/t12-,13?,14?/m0/s1. The molecule has 0 heterocycles. The monoisotopic (exact) mass is 338 g/mol. The minimum Gasteiger partial charge on any atom is -0.372 e. The topological polar surface area (TPSA) is 29.3 Å². The Morgan fingerprint density at radius 1 is 1.30 bits per heavy atom. The van der Waals surface area contributed by atoms with Crippen LogP contribution in [0.1, 0.15) is 57.6 Å². The molecule has 3 heteroatoms. The Kier molecular flexibility index (Phi) is 5.50. The molecule has 112 valence electrons. The van der Waals surface area contributed by atoms with Crippen LogP contribution < -0.4 is 10.6 Å². The zero-order chi connectivity index (χ0) is 14.7. The average Bonchev–Trinajstić information content (AvgIpc) is 2.46. The van der Waals surface area contributed by atoms with Crippen molar-refractivity contribution in [1.29, 1.82) is 0 Å². The number of hydrogen-bond donors (Lipinski definition) is 1. The molecule has 0 radical (unpaired) electrons. The lowest BCUT2D eigenvalue weighted by Gasteiger charge is -2.36. The van der Waals surface area contributed by atoms with Gasteiger partial charge in [-0.15, -0.1) is 0 Å². The van der Waals surface area contributed by atoms with Gasteiger partial charge in [0.2, 0.25) is 0 Å². The highest BCUT2D eigenvalue weighted by atomic mass is 79.9. The zero-order valence-corrected chi connectivity index (χ0v) is 14.5. The van der Waals surface area contributed by atoms with Crippen LogP contribution in [0.25, 0.3) is 0 Å². The highest BCUT2D eigenvalue weighted by molar-refractivity contribution is 9.10. The van der Waals surface area contributed by atoms with Crippen molar-refractivity contribution < 1.29 is 0 Å². The lowest BCUT2D eigenvalue weighted by molar-refractivity contribution is 0.313. The van der Waals surface area contributed by atoms with Gasteiger partial charge in [0.25, 0.3) is 0 Å². The van der Waals surface area contributed by atoms with Crippen LogP contribution in [-0.4, -0.2) is 13.1 Å². The van der Waals surface area contributed by atoms with Gasteiger partial charge >= 0.3 is 0 Å². The lowest BCUT2D eigenvalue weighted by atomic mass is 9.84. The number of hydrogen-bond acceptors (Lipinski definition) is 2. The molecule has 2 nitrogen and oxygen atoms in total. The van der Waals surface area contributed by atoms with Gasteiger partial charge in [0.05, 0.1) is 0 Å². The van der Waals surface area contributed by atoms with Gasteiger partial charge in [-0.1, -0.05) is 35.3 Å². The summed E-state index contributed by atoms with van der Waals surface area (Å²) in [4.78, 5) is 2.45. The smallest absolute Gasteiger partial charge is 0.0377 e. The van der Waals surface area contributed by atoms with Crippen molar-refractivity contribution in [3.8, 4) is 0 Å². The summed E-state index contributed by atoms with van der Waals surface area (Å²) in [5, 5.41) is 0. The predicted octanol–water partition coefficient (Wildman–Crippen LogP) is 4.87. The van der Waals surface area contributed by atoms with Crippen molar-refractivity contribution in [2.24, 2.45) is 11.7 Å². The van der Waals surface area contributed by atoms with E-state index in [2.05, 4.69) is 53.0 Å². The first-order valence-electron chi connectivity index (χ1n) is 7.80. The van der Waals surface area contributed by atoms with E-state index in [1.54, 1.807) is 0 Å². The largest absolute Gasteiger partial charge is 0.372 e. The van der Waals surface area contributed by atoms with Crippen LogP contribution in [0.15, 0.2) is 22.7 Å². The number of nitrogens with two attached hydrogens (primary N) is 1. The first kappa shape index (κ1) is 15.8. The Morgan fingerprint density at radius 3 is 2.45 bits per heavy atom. The summed E-state index contributed by atoms with van der Waals surface area (Å²) in [6.07, 6.45) is 6.74. The third kappa shape index (κ3) is 3.56. The van der Waals surface area contributed by atoms with Crippen molar-refractivity contribution in [3.63, 3.8) is 0 Å². The molecule has 0 bridgehead atoms. The lowest BCUT2D eigenvalue weighted by Crippen LogP contribution is -2.35. The number of benzene rings is 1. The second kappa shape index (κ2) is 6.95. The van der Waals surface area contributed by atoms with E-state index in [1.807, 2.05) is 6.92 Å². The minimum absolute atomic E-state index is 0.0729. The van der Waals surface area contributed by atoms with E-state index >= 15 is 0 Å². The Bertz CT molecular complexity index is 437. The first-order chi connectivity index (χ1) is 9.52. The summed E-state index contributed by atoms with van der Waals surface area (Å²) < 4.78 is 1.12. The van der Waals surface area contributed by atoms with Gasteiger partial charge in [0.1, 0.15) is 0 Å². The summed E-state index contributed by atoms with van der Waals surface area (Å²) in [6.45, 7) is 4.34. The van der Waals surface area contributed by atoms with E-state index in [1.165, 1.54) is 43.4 Å². The van der Waals surface area contributed by atoms with E-state index in [0.717, 1.165) is 10.4 Å². The molecular weight excluding hydrogens is 312 g/mol. The van der Waals surface area contributed by atoms with Gasteiger partial charge in [-0.3, -0.25) is 0 Å². The molecule has 20 heavy (non-hydrogen) atoms. The molecule has 2 rings (SSSR count). The van der Waals surface area contributed by atoms with E-state index < -0.39 is 0 Å². The van der Waals surface area contributed by atoms with Gasteiger partial charge < -0.3 is 10.6 Å². The Morgan fingerprint density at radius 2 is 1.95 bits per heavy atom. The molecule has 1 atom stereocenters. The molecule has 1 saturated carbocycles. The van der Waals surface area contributed by atoms with Crippen molar-refractivity contribution >= 4 is 21.6 Å². The van der Waals surface area contributed by atoms with Crippen LogP contribution in [0.2, 0.25) is 0 Å². The number of rotatable bonds is 4. The summed E-state index contributed by atoms with van der Waals surface area (Å²) in [5.41, 5.74) is 8.44. The first-order valence-corrected chi connectivity index (χ1v) is 8.60. The molecule has 0 saturated heterocycles. The van der Waals surface area contributed by atoms with Crippen LogP contribution in [0.3, 0.4) is 0 Å². The van der Waals surface area contributed by atoms with Crippen molar-refractivity contribution in [2.45, 2.75) is 58.0 Å². The van der Waals surface area contributed by atoms with Crippen molar-refractivity contribution in [2.75, 3.05) is 11.9 Å². The third-order valence-electron chi connectivity index (χ3n) is 4.82. The molecule has 0 amide bonds. The second-order valence-corrected chi connectivity index (χ2v) is 7.04. The Balaban J connectivity index is 2.06. The number of anilines is 1. The van der Waals surface area contributed by atoms with Gasteiger partial charge in [-0.25, -0.2) is 0 Å². The highest BCUT2D eigenvalue weighted by Gasteiger charge is 2.23. The van der Waals surface area contributed by atoms with E-state index in [9.17, 15) is 0 Å². The predicted molar refractivity (Wildman–Crippen MR) is 91.2 cm³/mol. The molecule has 1 aromatic carbocycles. The summed E-state index contributed by atoms with van der Waals surface area (Å²) in [6, 6.07) is 7.33. The van der Waals surface area contributed by atoms with E-state index in [-0.39, 0.29) is 6.04 Å². The molecule has 1 aliphatic rings. The quantitative estimate of drug-likeness (QED) is 0.848. The Hall–Kier alpha value is -0.540. The molecule has 2 N–H and O–H groups in total. The maximum absolute atomic E-state index is 5.97. The van der Waals surface area contributed by atoms with Gasteiger partial charge in [0, 0.05) is 29.3 Å². The van der Waals surface area contributed by atoms with Gasteiger partial charge in [-0.05, 0) is 56.2 Å². The summed E-state index contributed by atoms with van der Waals surface area (Å²) in [5.74, 6) is 0.951. The summed E-state index contributed by atoms with van der Waals surface area (Å²) in [7, 11) is 2.23. The molecule has 0 spiro atoms. The van der Waals surface area contributed by atoms with Crippen LogP contribution in [0.5, 0.6) is 0 Å². The maximum atomic E-state index is 5.97. The minimum atomic E-state index is 0.0729. The molecule has 0 unspecified atom stereocenters. The highest BCUT2D eigenvalue weighted by Crippen LogP contribution is 2.33. The van der Waals surface area contributed by atoms with E-state index in [0.29, 0.717) is 6.04 Å². The Labute approximate surface area is 131 Å². The molecular formula is C17H27BrN2. The molecule has 1 aromatic rings. The normalized spacial score (nSPS) is 24.4.